The summed E-state index contributed by atoms with van der Waals surface area (Å²) < 4.78 is 12.1. The van der Waals surface area contributed by atoms with Gasteiger partial charge >= 0.3 is 0 Å². The molecule has 2 aromatic carbocycles. The summed E-state index contributed by atoms with van der Waals surface area (Å²) in [6, 6.07) is 14.7. The van der Waals surface area contributed by atoms with E-state index < -0.39 is 0 Å². The Labute approximate surface area is 134 Å². The first kappa shape index (κ1) is 14.1. The molecule has 0 radical (unpaired) electrons. The molecule has 0 spiro atoms. The number of hydrogen-bond donors (Lipinski definition) is 0. The molecule has 21 heavy (non-hydrogen) atoms. The van der Waals surface area contributed by atoms with E-state index in [0.29, 0.717) is 22.6 Å². The zero-order valence-electron chi connectivity index (χ0n) is 10.8. The van der Waals surface area contributed by atoms with Gasteiger partial charge in [-0.25, -0.2) is 0 Å². The molecule has 106 valence electrons. The van der Waals surface area contributed by atoms with Crippen LogP contribution >= 0.6 is 27.5 Å². The van der Waals surface area contributed by atoms with Crippen LogP contribution in [0.4, 0.5) is 0 Å². The van der Waals surface area contributed by atoms with E-state index >= 15 is 0 Å². The molecular formula is C15H10BrClN2O2. The summed E-state index contributed by atoms with van der Waals surface area (Å²) in [5.41, 5.74) is 0.864. The first-order valence-corrected chi connectivity index (χ1v) is 7.34. The predicted molar refractivity (Wildman–Crippen MR) is 83.2 cm³/mol. The third-order valence-electron chi connectivity index (χ3n) is 2.73. The molecule has 6 heteroatoms. The topological polar surface area (TPSA) is 48.2 Å². The Morgan fingerprint density at radius 1 is 1.00 bits per heavy atom. The first-order valence-electron chi connectivity index (χ1n) is 6.17. The number of ether oxygens (including phenoxy) is 1. The van der Waals surface area contributed by atoms with Crippen LogP contribution in [0.3, 0.4) is 0 Å². The monoisotopic (exact) mass is 364 g/mol. The van der Waals surface area contributed by atoms with E-state index in [2.05, 4.69) is 26.1 Å². The highest BCUT2D eigenvalue weighted by Crippen LogP contribution is 2.21. The Balaban J connectivity index is 1.67. The molecule has 0 aliphatic heterocycles. The van der Waals surface area contributed by atoms with E-state index in [4.69, 9.17) is 20.8 Å². The lowest BCUT2D eigenvalue weighted by Gasteiger charge is -2.02. The number of aromatic nitrogens is 2. The molecule has 0 saturated heterocycles. The van der Waals surface area contributed by atoms with Crippen LogP contribution in [-0.2, 0) is 6.61 Å². The van der Waals surface area contributed by atoms with Gasteiger partial charge in [-0.2, -0.15) is 0 Å². The zero-order chi connectivity index (χ0) is 14.7. The third kappa shape index (κ3) is 3.62. The first-order chi connectivity index (χ1) is 10.2. The second-order valence-electron chi connectivity index (χ2n) is 4.25. The van der Waals surface area contributed by atoms with Crippen LogP contribution in [0, 0.1) is 0 Å². The largest absolute Gasteiger partial charge is 0.484 e. The zero-order valence-corrected chi connectivity index (χ0v) is 13.1. The van der Waals surface area contributed by atoms with Gasteiger partial charge in [0.2, 0.25) is 5.89 Å². The maximum absolute atomic E-state index is 5.81. The summed E-state index contributed by atoms with van der Waals surface area (Å²) in [4.78, 5) is 0. The van der Waals surface area contributed by atoms with Crippen LogP contribution in [0.25, 0.3) is 11.5 Å². The number of nitrogens with zero attached hydrogens (tertiary/aromatic N) is 2. The SMILES string of the molecule is Clc1ccc(OCc2nnc(-c3ccc(Br)cc3)o2)cc1. The fourth-order valence-corrected chi connectivity index (χ4v) is 2.09. The van der Waals surface area contributed by atoms with Gasteiger partial charge < -0.3 is 9.15 Å². The van der Waals surface area contributed by atoms with E-state index in [-0.39, 0.29) is 6.61 Å². The summed E-state index contributed by atoms with van der Waals surface area (Å²) in [6.07, 6.45) is 0. The van der Waals surface area contributed by atoms with Crippen molar-refractivity contribution in [3.05, 3.63) is 63.9 Å². The second-order valence-corrected chi connectivity index (χ2v) is 5.60. The van der Waals surface area contributed by atoms with E-state index in [9.17, 15) is 0 Å². The van der Waals surface area contributed by atoms with Crippen molar-refractivity contribution in [2.24, 2.45) is 0 Å². The molecule has 0 amide bonds. The number of hydrogen-bond acceptors (Lipinski definition) is 4. The van der Waals surface area contributed by atoms with Gasteiger partial charge in [-0.1, -0.05) is 27.5 Å². The highest BCUT2D eigenvalue weighted by Gasteiger charge is 2.09. The lowest BCUT2D eigenvalue weighted by atomic mass is 10.2. The predicted octanol–water partition coefficient (Wildman–Crippen LogP) is 4.73. The van der Waals surface area contributed by atoms with Crippen molar-refractivity contribution in [1.82, 2.24) is 10.2 Å². The minimum atomic E-state index is 0.213. The van der Waals surface area contributed by atoms with E-state index in [1.807, 2.05) is 24.3 Å². The van der Waals surface area contributed by atoms with Gasteiger partial charge in [0.25, 0.3) is 5.89 Å². The Morgan fingerprint density at radius 2 is 1.71 bits per heavy atom. The molecule has 4 nitrogen and oxygen atoms in total. The van der Waals surface area contributed by atoms with E-state index in [0.717, 1.165) is 10.0 Å². The van der Waals surface area contributed by atoms with Crippen molar-refractivity contribution < 1.29 is 9.15 Å². The lowest BCUT2D eigenvalue weighted by Crippen LogP contribution is -1.95. The molecular weight excluding hydrogens is 356 g/mol. The van der Waals surface area contributed by atoms with Gasteiger partial charge in [0, 0.05) is 15.1 Å². The highest BCUT2D eigenvalue weighted by atomic mass is 79.9. The van der Waals surface area contributed by atoms with Crippen LogP contribution in [0.5, 0.6) is 5.75 Å². The van der Waals surface area contributed by atoms with Crippen molar-refractivity contribution >= 4 is 27.5 Å². The molecule has 0 aliphatic rings. The summed E-state index contributed by atoms with van der Waals surface area (Å²) in [7, 11) is 0. The van der Waals surface area contributed by atoms with Gasteiger partial charge in [0.05, 0.1) is 0 Å². The summed E-state index contributed by atoms with van der Waals surface area (Å²) >= 11 is 9.19. The van der Waals surface area contributed by atoms with Crippen LogP contribution in [0.15, 0.2) is 57.4 Å². The maximum Gasteiger partial charge on any atom is 0.254 e. The van der Waals surface area contributed by atoms with Gasteiger partial charge in [-0.15, -0.1) is 10.2 Å². The van der Waals surface area contributed by atoms with Crippen LogP contribution in [-0.4, -0.2) is 10.2 Å². The summed E-state index contributed by atoms with van der Waals surface area (Å²) in [6.45, 7) is 0.213. The Morgan fingerprint density at radius 3 is 2.43 bits per heavy atom. The highest BCUT2D eigenvalue weighted by molar-refractivity contribution is 9.10. The van der Waals surface area contributed by atoms with Gasteiger partial charge in [-0.05, 0) is 48.5 Å². The molecule has 0 aliphatic carbocycles. The van der Waals surface area contributed by atoms with Crippen molar-refractivity contribution in [1.29, 1.82) is 0 Å². The fraction of sp³-hybridized carbons (Fsp3) is 0.0667. The molecule has 0 atom stereocenters. The van der Waals surface area contributed by atoms with Crippen molar-refractivity contribution in [2.75, 3.05) is 0 Å². The molecule has 0 N–H and O–H groups in total. The van der Waals surface area contributed by atoms with E-state index in [1.54, 1.807) is 24.3 Å². The maximum atomic E-state index is 5.81. The third-order valence-corrected chi connectivity index (χ3v) is 3.51. The number of benzene rings is 2. The summed E-state index contributed by atoms with van der Waals surface area (Å²) in [5.74, 6) is 1.59. The lowest BCUT2D eigenvalue weighted by molar-refractivity contribution is 0.264. The molecule has 0 bridgehead atoms. The standard InChI is InChI=1S/C15H10BrClN2O2/c16-11-3-1-10(2-4-11)15-19-18-14(21-15)9-20-13-7-5-12(17)6-8-13/h1-8H,9H2. The smallest absolute Gasteiger partial charge is 0.254 e. The van der Waals surface area contributed by atoms with E-state index in [1.165, 1.54) is 0 Å². The minimum absolute atomic E-state index is 0.213. The van der Waals surface area contributed by atoms with Crippen molar-refractivity contribution in [3.8, 4) is 17.2 Å². The van der Waals surface area contributed by atoms with Crippen LogP contribution in [0.2, 0.25) is 5.02 Å². The molecule has 3 aromatic rings. The minimum Gasteiger partial charge on any atom is -0.484 e. The average Bonchev–Trinajstić information content (AvgIpc) is 2.96. The number of rotatable bonds is 4. The molecule has 1 aromatic heterocycles. The second kappa shape index (κ2) is 6.28. The van der Waals surface area contributed by atoms with Gasteiger partial charge in [0.1, 0.15) is 5.75 Å². The normalized spacial score (nSPS) is 10.6. The molecule has 3 rings (SSSR count). The molecule has 0 unspecified atom stereocenters. The molecule has 0 saturated carbocycles. The number of halogens is 2. The average molecular weight is 366 g/mol. The van der Waals surface area contributed by atoms with Crippen molar-refractivity contribution in [2.45, 2.75) is 6.61 Å². The van der Waals surface area contributed by atoms with Crippen LogP contribution < -0.4 is 4.74 Å². The van der Waals surface area contributed by atoms with Gasteiger partial charge in [-0.3, -0.25) is 0 Å². The van der Waals surface area contributed by atoms with Crippen LogP contribution in [0.1, 0.15) is 5.89 Å². The Bertz CT molecular complexity index is 726. The Kier molecular flexibility index (Phi) is 4.22. The Hall–Kier alpha value is -1.85. The van der Waals surface area contributed by atoms with Crippen molar-refractivity contribution in [3.63, 3.8) is 0 Å². The quantitative estimate of drug-likeness (QED) is 0.670. The molecule has 0 fully saturated rings. The van der Waals surface area contributed by atoms with Gasteiger partial charge in [0.15, 0.2) is 6.61 Å². The summed E-state index contributed by atoms with van der Waals surface area (Å²) in [5, 5.41) is 8.64. The fourth-order valence-electron chi connectivity index (χ4n) is 1.70. The molecule has 1 heterocycles.